The predicted octanol–water partition coefficient (Wildman–Crippen LogP) is 7.96. The summed E-state index contributed by atoms with van der Waals surface area (Å²) in [6.45, 7) is 13.1. The van der Waals surface area contributed by atoms with Gasteiger partial charge >= 0.3 is 0 Å². The van der Waals surface area contributed by atoms with Crippen molar-refractivity contribution in [2.75, 3.05) is 0 Å². The first-order chi connectivity index (χ1) is 19.7. The summed E-state index contributed by atoms with van der Waals surface area (Å²) in [4.78, 5) is 12.5. The molecule has 0 aliphatic heterocycles. The first-order valence-electron chi connectivity index (χ1n) is 13.1. The van der Waals surface area contributed by atoms with Crippen LogP contribution in [0.4, 0.5) is 14.5 Å². The van der Waals surface area contributed by atoms with E-state index < -0.39 is 17.0 Å². The van der Waals surface area contributed by atoms with Crippen molar-refractivity contribution in [3.8, 4) is 23.2 Å². The Morgan fingerprint density at radius 1 is 0.976 bits per heavy atom. The van der Waals surface area contributed by atoms with Crippen LogP contribution < -0.4 is 4.74 Å². The second-order valence-electron chi connectivity index (χ2n) is 10.6. The second-order valence-corrected chi connectivity index (χ2v) is 10.6. The third-order valence-corrected chi connectivity index (χ3v) is 6.80. The molecule has 0 bridgehead atoms. The van der Waals surface area contributed by atoms with Gasteiger partial charge < -0.3 is 9.30 Å². The third-order valence-electron chi connectivity index (χ3n) is 6.80. The fraction of sp³-hybridized carbons (Fsp3) is 0.212. The quantitative estimate of drug-likeness (QED) is 0.185. The van der Waals surface area contributed by atoms with Crippen molar-refractivity contribution in [1.82, 2.24) is 14.5 Å². The summed E-state index contributed by atoms with van der Waals surface area (Å²) in [5.41, 5.74) is 4.26. The minimum Gasteiger partial charge on any atom is -0.473 e. The van der Waals surface area contributed by atoms with E-state index in [-0.39, 0.29) is 24.6 Å². The Morgan fingerprint density at radius 3 is 2.49 bits per heavy atom. The van der Waals surface area contributed by atoms with E-state index in [2.05, 4.69) is 15.9 Å². The van der Waals surface area contributed by atoms with Crippen molar-refractivity contribution in [2.24, 2.45) is 5.41 Å². The topological polar surface area (TPSA) is 68.1 Å². The number of rotatable bonds is 8. The van der Waals surface area contributed by atoms with Gasteiger partial charge in [0, 0.05) is 30.2 Å². The number of halogens is 2. The first-order valence-corrected chi connectivity index (χ1v) is 13.1. The van der Waals surface area contributed by atoms with E-state index in [1.165, 1.54) is 24.3 Å². The zero-order valence-electron chi connectivity index (χ0n) is 22.9. The van der Waals surface area contributed by atoms with E-state index >= 15 is 4.39 Å². The van der Waals surface area contributed by atoms with E-state index in [0.717, 1.165) is 16.6 Å². The summed E-state index contributed by atoms with van der Waals surface area (Å²) in [5.74, 6) is 0.0367. The van der Waals surface area contributed by atoms with E-state index in [1.807, 2.05) is 43.5 Å². The Kier molecular flexibility index (Phi) is 7.50. The molecule has 3 aromatic carbocycles. The van der Waals surface area contributed by atoms with Crippen molar-refractivity contribution >= 4 is 16.7 Å². The van der Waals surface area contributed by atoms with E-state index in [0.29, 0.717) is 34.8 Å². The number of imidazole rings is 1. The molecule has 8 heteroatoms. The van der Waals surface area contributed by atoms with Gasteiger partial charge in [0.2, 0.25) is 5.88 Å². The standard InChI is InChI=1S/C33H27F2N5O/c1-21-8-13-29-30(14-21)40(20-33(2,3)19-36)31(38-29)16-22-9-10-23(15-26(22)34)28-6-5-7-32(39-28)41-18-24-11-12-25(37-4)17-27(24)35/h5-15,17H,16,18,20H2,1-3H3. The monoisotopic (exact) mass is 547 g/mol. The Labute approximate surface area is 237 Å². The number of ether oxygens (including phenoxy) is 1. The molecule has 0 amide bonds. The number of benzene rings is 3. The maximum absolute atomic E-state index is 15.4. The van der Waals surface area contributed by atoms with Gasteiger partial charge in [0.25, 0.3) is 0 Å². The molecule has 0 atom stereocenters. The molecule has 0 fully saturated rings. The maximum atomic E-state index is 15.4. The smallest absolute Gasteiger partial charge is 0.214 e. The lowest BCUT2D eigenvalue weighted by molar-refractivity contribution is 0.288. The molecule has 0 saturated heterocycles. The van der Waals surface area contributed by atoms with Gasteiger partial charge in [-0.25, -0.2) is 23.6 Å². The fourth-order valence-corrected chi connectivity index (χ4v) is 4.58. The summed E-state index contributed by atoms with van der Waals surface area (Å²) < 4.78 is 37.4. The summed E-state index contributed by atoms with van der Waals surface area (Å²) in [6, 6.07) is 22.6. The summed E-state index contributed by atoms with van der Waals surface area (Å²) in [7, 11) is 0. The molecule has 41 heavy (non-hydrogen) atoms. The Hall–Kier alpha value is -5.08. The lowest BCUT2D eigenvalue weighted by Gasteiger charge is -2.19. The summed E-state index contributed by atoms with van der Waals surface area (Å²) in [6.07, 6.45) is 0.260. The van der Waals surface area contributed by atoms with Gasteiger partial charge in [0.1, 0.15) is 24.1 Å². The molecule has 5 rings (SSSR count). The van der Waals surface area contributed by atoms with Crippen molar-refractivity contribution in [3.05, 3.63) is 118 Å². The van der Waals surface area contributed by atoms with Crippen LogP contribution in [-0.2, 0) is 19.6 Å². The van der Waals surface area contributed by atoms with Crippen molar-refractivity contribution in [1.29, 1.82) is 5.26 Å². The van der Waals surface area contributed by atoms with E-state index in [9.17, 15) is 9.65 Å². The summed E-state index contributed by atoms with van der Waals surface area (Å²) in [5, 5.41) is 9.64. The molecule has 0 aliphatic rings. The van der Waals surface area contributed by atoms with Crippen LogP contribution in [0.2, 0.25) is 0 Å². The summed E-state index contributed by atoms with van der Waals surface area (Å²) >= 11 is 0. The van der Waals surface area contributed by atoms with Crippen molar-refractivity contribution in [3.63, 3.8) is 0 Å². The molecule has 5 aromatic rings. The molecule has 0 radical (unpaired) electrons. The molecular formula is C33H27F2N5O. The number of hydrogen-bond acceptors (Lipinski definition) is 4. The molecular weight excluding hydrogens is 520 g/mol. The van der Waals surface area contributed by atoms with Crippen LogP contribution in [-0.4, -0.2) is 14.5 Å². The van der Waals surface area contributed by atoms with Crippen molar-refractivity contribution < 1.29 is 13.5 Å². The molecule has 0 saturated carbocycles. The number of aryl methyl sites for hydroxylation is 1. The first kappa shape index (κ1) is 27.5. The Morgan fingerprint density at radius 2 is 1.76 bits per heavy atom. The van der Waals surface area contributed by atoms with Crippen LogP contribution >= 0.6 is 0 Å². The lowest BCUT2D eigenvalue weighted by atomic mass is 9.95. The minimum atomic E-state index is -0.625. The van der Waals surface area contributed by atoms with Gasteiger partial charge in [-0.2, -0.15) is 5.26 Å². The SMILES string of the molecule is [C-]#[N+]c1ccc(COc2cccc(-c3ccc(Cc4nc5ccc(C)cc5n4CC(C)(C)C#N)c(F)c3)n2)c(F)c1. The molecule has 204 valence electrons. The number of aromatic nitrogens is 3. The molecule has 0 spiro atoms. The van der Waals surface area contributed by atoms with Gasteiger partial charge in [0.15, 0.2) is 5.69 Å². The lowest BCUT2D eigenvalue weighted by Crippen LogP contribution is -2.19. The number of nitriles is 1. The molecule has 0 aliphatic carbocycles. The average molecular weight is 548 g/mol. The highest BCUT2D eigenvalue weighted by Crippen LogP contribution is 2.28. The number of fused-ring (bicyclic) bond motifs is 1. The number of pyridine rings is 1. The zero-order valence-corrected chi connectivity index (χ0v) is 22.9. The average Bonchev–Trinajstić information content (AvgIpc) is 3.28. The van der Waals surface area contributed by atoms with Gasteiger partial charge in [-0.3, -0.25) is 0 Å². The Balaban J connectivity index is 1.38. The van der Waals surface area contributed by atoms with Crippen LogP contribution in [0.3, 0.4) is 0 Å². The normalized spacial score (nSPS) is 11.3. The molecule has 2 aromatic heterocycles. The van der Waals surface area contributed by atoms with E-state index in [1.54, 1.807) is 30.3 Å². The largest absolute Gasteiger partial charge is 0.473 e. The van der Waals surface area contributed by atoms with Crippen LogP contribution in [0.5, 0.6) is 5.88 Å². The molecule has 0 N–H and O–H groups in total. The molecule has 6 nitrogen and oxygen atoms in total. The molecule has 0 unspecified atom stereocenters. The highest BCUT2D eigenvalue weighted by Gasteiger charge is 2.22. The van der Waals surface area contributed by atoms with Crippen LogP contribution in [0, 0.1) is 41.9 Å². The Bertz CT molecular complexity index is 1850. The zero-order chi connectivity index (χ0) is 29.1. The van der Waals surface area contributed by atoms with E-state index in [4.69, 9.17) is 16.3 Å². The van der Waals surface area contributed by atoms with Crippen LogP contribution in [0.25, 0.3) is 27.1 Å². The predicted molar refractivity (Wildman–Crippen MR) is 153 cm³/mol. The van der Waals surface area contributed by atoms with Gasteiger partial charge in [0.05, 0.1) is 34.8 Å². The number of hydrogen-bond donors (Lipinski definition) is 0. The highest BCUT2D eigenvalue weighted by atomic mass is 19.1. The fourth-order valence-electron chi connectivity index (χ4n) is 4.58. The molecule has 2 heterocycles. The third kappa shape index (κ3) is 6.08. The van der Waals surface area contributed by atoms with Crippen molar-refractivity contribution in [2.45, 2.75) is 40.3 Å². The van der Waals surface area contributed by atoms with Gasteiger partial charge in [-0.1, -0.05) is 36.4 Å². The highest BCUT2D eigenvalue weighted by molar-refractivity contribution is 5.77. The van der Waals surface area contributed by atoms with Gasteiger partial charge in [-0.15, -0.1) is 0 Å². The second kappa shape index (κ2) is 11.2. The maximum Gasteiger partial charge on any atom is 0.214 e. The number of nitrogens with zero attached hydrogens (tertiary/aromatic N) is 5. The minimum absolute atomic E-state index is 0.0585. The van der Waals surface area contributed by atoms with Gasteiger partial charge in [-0.05, 0) is 62.2 Å². The van der Waals surface area contributed by atoms with Crippen LogP contribution in [0.15, 0.2) is 72.8 Å². The van der Waals surface area contributed by atoms with Crippen LogP contribution in [0.1, 0.15) is 36.4 Å².